The zero-order valence-corrected chi connectivity index (χ0v) is 15.2. The van der Waals surface area contributed by atoms with Gasteiger partial charge in [-0.15, -0.1) is 11.3 Å². The van der Waals surface area contributed by atoms with Crippen molar-refractivity contribution < 1.29 is 9.53 Å². The topological polar surface area (TPSA) is 42.4 Å². The Morgan fingerprint density at radius 2 is 2.00 bits per heavy atom. The first-order valence-corrected chi connectivity index (χ1v) is 9.64. The van der Waals surface area contributed by atoms with Crippen molar-refractivity contribution in [3.63, 3.8) is 0 Å². The summed E-state index contributed by atoms with van der Waals surface area (Å²) in [7, 11) is 0. The summed E-state index contributed by atoms with van der Waals surface area (Å²) in [6.45, 7) is 1.11. The summed E-state index contributed by atoms with van der Waals surface area (Å²) in [5.74, 6) is 0.527. The molecule has 0 saturated heterocycles. The first-order chi connectivity index (χ1) is 12.8. The molecule has 5 heteroatoms. The zero-order valence-electron chi connectivity index (χ0n) is 14.4. The molecule has 1 amide bonds. The standard InChI is InChI=1S/C21H20N2O2S/c24-21(23(18-8-9-18)14-19-7-4-12-26-19)17-10-11-22-20(13-17)25-15-16-5-2-1-3-6-16/h1-7,10-13,18H,8-9,14-15H2. The molecule has 0 bridgehead atoms. The fourth-order valence-electron chi connectivity index (χ4n) is 2.84. The lowest BCUT2D eigenvalue weighted by molar-refractivity contribution is 0.0731. The molecule has 4 rings (SSSR count). The van der Waals surface area contributed by atoms with Gasteiger partial charge in [0.25, 0.3) is 5.91 Å². The molecule has 26 heavy (non-hydrogen) atoms. The van der Waals surface area contributed by atoms with E-state index in [1.807, 2.05) is 46.7 Å². The van der Waals surface area contributed by atoms with Crippen molar-refractivity contribution in [1.82, 2.24) is 9.88 Å². The van der Waals surface area contributed by atoms with Crippen LogP contribution in [0.2, 0.25) is 0 Å². The number of benzene rings is 1. The van der Waals surface area contributed by atoms with Crippen molar-refractivity contribution in [2.45, 2.75) is 32.0 Å². The average molecular weight is 364 g/mol. The Kier molecular flexibility index (Phi) is 4.97. The number of pyridine rings is 1. The normalized spacial score (nSPS) is 13.4. The third-order valence-corrected chi connectivity index (χ3v) is 5.23. The minimum Gasteiger partial charge on any atom is -0.473 e. The van der Waals surface area contributed by atoms with Crippen LogP contribution < -0.4 is 4.74 Å². The summed E-state index contributed by atoms with van der Waals surface area (Å²) in [5, 5.41) is 2.05. The summed E-state index contributed by atoms with van der Waals surface area (Å²) >= 11 is 1.69. The Balaban J connectivity index is 1.46. The minimum absolute atomic E-state index is 0.0489. The number of aromatic nitrogens is 1. The van der Waals surface area contributed by atoms with E-state index in [0.717, 1.165) is 18.4 Å². The summed E-state index contributed by atoms with van der Waals surface area (Å²) in [5.41, 5.74) is 1.70. The molecule has 3 aromatic rings. The Morgan fingerprint density at radius 3 is 2.73 bits per heavy atom. The SMILES string of the molecule is O=C(c1ccnc(OCc2ccccc2)c1)N(Cc1cccs1)C1CC1. The number of amides is 1. The molecular weight excluding hydrogens is 344 g/mol. The van der Waals surface area contributed by atoms with Crippen LogP contribution in [0, 0.1) is 0 Å². The smallest absolute Gasteiger partial charge is 0.254 e. The van der Waals surface area contributed by atoms with Crippen molar-refractivity contribution >= 4 is 17.2 Å². The quantitative estimate of drug-likeness (QED) is 0.619. The number of nitrogens with zero attached hydrogens (tertiary/aromatic N) is 2. The molecule has 0 spiro atoms. The van der Waals surface area contributed by atoms with Crippen LogP contribution in [-0.4, -0.2) is 21.8 Å². The molecule has 2 heterocycles. The van der Waals surface area contributed by atoms with E-state index < -0.39 is 0 Å². The van der Waals surface area contributed by atoms with Crippen molar-refractivity contribution in [3.8, 4) is 5.88 Å². The summed E-state index contributed by atoms with van der Waals surface area (Å²) in [4.78, 5) is 20.5. The molecule has 132 valence electrons. The second-order valence-electron chi connectivity index (χ2n) is 6.40. The van der Waals surface area contributed by atoms with Crippen LogP contribution in [-0.2, 0) is 13.2 Å². The molecule has 1 fully saturated rings. The molecule has 1 aliphatic carbocycles. The largest absolute Gasteiger partial charge is 0.473 e. The van der Waals surface area contributed by atoms with Gasteiger partial charge in [-0.1, -0.05) is 36.4 Å². The molecule has 0 unspecified atom stereocenters. The lowest BCUT2D eigenvalue weighted by Gasteiger charge is -2.22. The molecule has 0 atom stereocenters. The Morgan fingerprint density at radius 1 is 1.15 bits per heavy atom. The van der Waals surface area contributed by atoms with Crippen molar-refractivity contribution in [3.05, 3.63) is 82.2 Å². The van der Waals surface area contributed by atoms with Gasteiger partial charge in [0.2, 0.25) is 5.88 Å². The number of hydrogen-bond acceptors (Lipinski definition) is 4. The Bertz CT molecular complexity index is 861. The third-order valence-electron chi connectivity index (χ3n) is 4.37. The molecule has 2 aromatic heterocycles. The predicted octanol–water partition coefficient (Wildman–Crippen LogP) is 4.53. The Hall–Kier alpha value is -2.66. The van der Waals surface area contributed by atoms with Crippen LogP contribution in [0.15, 0.2) is 66.2 Å². The number of carbonyl (C=O) groups excluding carboxylic acids is 1. The highest BCUT2D eigenvalue weighted by atomic mass is 32.1. The maximum absolute atomic E-state index is 13.0. The van der Waals surface area contributed by atoms with Crippen molar-refractivity contribution in [1.29, 1.82) is 0 Å². The van der Waals surface area contributed by atoms with E-state index in [9.17, 15) is 4.79 Å². The molecule has 1 aliphatic rings. The minimum atomic E-state index is 0.0489. The number of thiophene rings is 1. The molecule has 1 saturated carbocycles. The van der Waals surface area contributed by atoms with Gasteiger partial charge in [0.1, 0.15) is 6.61 Å². The van der Waals surface area contributed by atoms with Crippen LogP contribution in [0.5, 0.6) is 5.88 Å². The first kappa shape index (κ1) is 16.8. The van der Waals surface area contributed by atoms with Gasteiger partial charge < -0.3 is 9.64 Å². The monoisotopic (exact) mass is 364 g/mol. The van der Waals surface area contributed by atoms with E-state index in [0.29, 0.717) is 30.6 Å². The van der Waals surface area contributed by atoms with E-state index in [-0.39, 0.29) is 5.91 Å². The van der Waals surface area contributed by atoms with Gasteiger partial charge in [-0.25, -0.2) is 4.98 Å². The maximum Gasteiger partial charge on any atom is 0.254 e. The molecule has 4 nitrogen and oxygen atoms in total. The number of hydrogen-bond donors (Lipinski definition) is 0. The summed E-state index contributed by atoms with van der Waals surface area (Å²) in [6.07, 6.45) is 3.81. The van der Waals surface area contributed by atoms with E-state index >= 15 is 0 Å². The van der Waals surface area contributed by atoms with Crippen LogP contribution in [0.25, 0.3) is 0 Å². The highest BCUT2D eigenvalue weighted by Crippen LogP contribution is 2.31. The van der Waals surface area contributed by atoms with Crippen molar-refractivity contribution in [2.75, 3.05) is 0 Å². The van der Waals surface area contributed by atoms with Crippen LogP contribution in [0.1, 0.15) is 33.6 Å². The molecule has 0 aliphatic heterocycles. The maximum atomic E-state index is 13.0. The van der Waals surface area contributed by atoms with E-state index in [1.54, 1.807) is 29.7 Å². The lowest BCUT2D eigenvalue weighted by atomic mass is 10.2. The molecular formula is C21H20N2O2S. The first-order valence-electron chi connectivity index (χ1n) is 8.76. The van der Waals surface area contributed by atoms with Crippen molar-refractivity contribution in [2.24, 2.45) is 0 Å². The number of ether oxygens (including phenoxy) is 1. The second-order valence-corrected chi connectivity index (χ2v) is 7.43. The second kappa shape index (κ2) is 7.70. The van der Waals surface area contributed by atoms with Gasteiger partial charge in [-0.05, 0) is 35.9 Å². The van der Waals surface area contributed by atoms with Gasteiger partial charge >= 0.3 is 0 Å². The zero-order chi connectivity index (χ0) is 17.8. The number of carbonyl (C=O) groups is 1. The third kappa shape index (κ3) is 4.11. The summed E-state index contributed by atoms with van der Waals surface area (Å²) < 4.78 is 5.76. The highest BCUT2D eigenvalue weighted by molar-refractivity contribution is 7.09. The lowest BCUT2D eigenvalue weighted by Crippen LogP contribution is -2.32. The van der Waals surface area contributed by atoms with Crippen LogP contribution in [0.3, 0.4) is 0 Å². The van der Waals surface area contributed by atoms with E-state index in [2.05, 4.69) is 11.1 Å². The van der Waals surface area contributed by atoms with Gasteiger partial charge in [-0.2, -0.15) is 0 Å². The van der Waals surface area contributed by atoms with Gasteiger partial charge in [0.05, 0.1) is 6.54 Å². The highest BCUT2D eigenvalue weighted by Gasteiger charge is 2.33. The number of rotatable bonds is 7. The van der Waals surface area contributed by atoms with E-state index in [1.165, 1.54) is 4.88 Å². The van der Waals surface area contributed by atoms with Gasteiger partial charge in [-0.3, -0.25) is 4.79 Å². The molecule has 0 N–H and O–H groups in total. The van der Waals surface area contributed by atoms with E-state index in [4.69, 9.17) is 4.74 Å². The Labute approximate surface area is 157 Å². The molecule has 0 radical (unpaired) electrons. The molecule has 1 aromatic carbocycles. The fourth-order valence-corrected chi connectivity index (χ4v) is 3.54. The van der Waals surface area contributed by atoms with Crippen LogP contribution in [0.4, 0.5) is 0 Å². The fraction of sp³-hybridized carbons (Fsp3) is 0.238. The predicted molar refractivity (Wildman–Crippen MR) is 102 cm³/mol. The van der Waals surface area contributed by atoms with Gasteiger partial charge in [0.15, 0.2) is 0 Å². The van der Waals surface area contributed by atoms with Crippen LogP contribution >= 0.6 is 11.3 Å². The average Bonchev–Trinajstić information content (AvgIpc) is 3.40. The summed E-state index contributed by atoms with van der Waals surface area (Å²) in [6, 6.07) is 17.9. The van der Waals surface area contributed by atoms with Gasteiger partial charge in [0, 0.05) is 28.7 Å².